The largest absolute Gasteiger partial charge is 0.378 e. The molecule has 0 saturated carbocycles. The van der Waals surface area contributed by atoms with Gasteiger partial charge in [0.2, 0.25) is 0 Å². The molecule has 2 atom stereocenters. The molecule has 1 fully saturated rings. The molecule has 48 valence electrons. The van der Waals surface area contributed by atoms with Crippen molar-refractivity contribution in [2.45, 2.75) is 32.8 Å². The summed E-state index contributed by atoms with van der Waals surface area (Å²) in [4.78, 5) is 0. The molecular formula is C7H14O. The number of rotatable bonds is 1. The van der Waals surface area contributed by atoms with Gasteiger partial charge < -0.3 is 4.74 Å². The van der Waals surface area contributed by atoms with Crippen LogP contribution >= 0.6 is 0 Å². The van der Waals surface area contributed by atoms with Crippen LogP contribution in [0, 0.1) is 5.92 Å². The lowest BCUT2D eigenvalue weighted by atomic mass is 10.0. The molecule has 1 heterocycles. The van der Waals surface area contributed by atoms with E-state index >= 15 is 0 Å². The standard InChI is InChI=1S/C7H14O/c1-3-7-6(2)4-5-8-7/h6-7H,3-5H2,1-2H3. The van der Waals surface area contributed by atoms with Crippen LogP contribution in [0.25, 0.3) is 0 Å². The molecule has 0 aromatic rings. The molecule has 1 aliphatic rings. The maximum atomic E-state index is 5.41. The van der Waals surface area contributed by atoms with E-state index in [1.54, 1.807) is 0 Å². The van der Waals surface area contributed by atoms with Crippen molar-refractivity contribution in [2.75, 3.05) is 6.61 Å². The van der Waals surface area contributed by atoms with Gasteiger partial charge in [-0.1, -0.05) is 13.8 Å². The van der Waals surface area contributed by atoms with Crippen LogP contribution in [-0.2, 0) is 4.74 Å². The maximum absolute atomic E-state index is 5.41. The van der Waals surface area contributed by atoms with Gasteiger partial charge in [0.25, 0.3) is 0 Å². The summed E-state index contributed by atoms with van der Waals surface area (Å²) in [5.41, 5.74) is 0. The minimum atomic E-state index is 0.565. The van der Waals surface area contributed by atoms with Gasteiger partial charge in [0, 0.05) is 6.61 Å². The summed E-state index contributed by atoms with van der Waals surface area (Å²) in [6.45, 7) is 5.44. The Kier molecular flexibility index (Phi) is 1.90. The molecule has 1 heteroatoms. The predicted octanol–water partition coefficient (Wildman–Crippen LogP) is 1.82. The quantitative estimate of drug-likeness (QED) is 0.505. The van der Waals surface area contributed by atoms with Crippen molar-refractivity contribution in [2.24, 2.45) is 5.92 Å². The van der Waals surface area contributed by atoms with E-state index in [0.717, 1.165) is 12.5 Å². The van der Waals surface area contributed by atoms with Gasteiger partial charge in [0.05, 0.1) is 6.10 Å². The first kappa shape index (κ1) is 6.09. The van der Waals surface area contributed by atoms with Gasteiger partial charge in [-0.3, -0.25) is 0 Å². The van der Waals surface area contributed by atoms with E-state index < -0.39 is 0 Å². The SMILES string of the molecule is CCC1OCCC1C. The van der Waals surface area contributed by atoms with Gasteiger partial charge in [0.15, 0.2) is 0 Å². The lowest BCUT2D eigenvalue weighted by Gasteiger charge is -2.09. The van der Waals surface area contributed by atoms with Crippen LogP contribution in [0.3, 0.4) is 0 Å². The third-order valence-corrected chi connectivity index (χ3v) is 1.94. The molecule has 1 aliphatic heterocycles. The van der Waals surface area contributed by atoms with Crippen LogP contribution < -0.4 is 0 Å². The minimum absolute atomic E-state index is 0.565. The Bertz CT molecular complexity index is 70.8. The molecule has 1 saturated heterocycles. The Morgan fingerprint density at radius 2 is 2.38 bits per heavy atom. The smallest absolute Gasteiger partial charge is 0.0598 e. The Labute approximate surface area is 51.0 Å². The van der Waals surface area contributed by atoms with Crippen LogP contribution in [0.15, 0.2) is 0 Å². The average molecular weight is 114 g/mol. The topological polar surface area (TPSA) is 9.23 Å². The molecule has 0 aromatic heterocycles. The third-order valence-electron chi connectivity index (χ3n) is 1.94. The molecular weight excluding hydrogens is 100 g/mol. The summed E-state index contributed by atoms with van der Waals surface area (Å²) >= 11 is 0. The number of hydrogen-bond acceptors (Lipinski definition) is 1. The van der Waals surface area contributed by atoms with Crippen molar-refractivity contribution in [1.82, 2.24) is 0 Å². The van der Waals surface area contributed by atoms with E-state index in [-0.39, 0.29) is 0 Å². The van der Waals surface area contributed by atoms with E-state index in [4.69, 9.17) is 4.74 Å². The molecule has 0 aliphatic carbocycles. The normalized spacial score (nSPS) is 38.2. The molecule has 1 nitrogen and oxygen atoms in total. The highest BCUT2D eigenvalue weighted by Crippen LogP contribution is 2.21. The summed E-state index contributed by atoms with van der Waals surface area (Å²) in [6, 6.07) is 0. The second kappa shape index (κ2) is 2.49. The summed E-state index contributed by atoms with van der Waals surface area (Å²) in [6.07, 6.45) is 3.01. The number of hydrogen-bond donors (Lipinski definition) is 0. The van der Waals surface area contributed by atoms with Gasteiger partial charge >= 0.3 is 0 Å². The molecule has 2 unspecified atom stereocenters. The van der Waals surface area contributed by atoms with E-state index in [0.29, 0.717) is 6.10 Å². The van der Waals surface area contributed by atoms with E-state index in [1.165, 1.54) is 12.8 Å². The molecule has 0 radical (unpaired) electrons. The Balaban J connectivity index is 2.30. The summed E-state index contributed by atoms with van der Waals surface area (Å²) < 4.78 is 5.41. The molecule has 0 amide bonds. The highest BCUT2D eigenvalue weighted by atomic mass is 16.5. The monoisotopic (exact) mass is 114 g/mol. The first-order valence-corrected chi connectivity index (χ1v) is 3.46. The minimum Gasteiger partial charge on any atom is -0.378 e. The zero-order valence-electron chi connectivity index (χ0n) is 5.68. The van der Waals surface area contributed by atoms with Gasteiger partial charge in [-0.15, -0.1) is 0 Å². The van der Waals surface area contributed by atoms with Gasteiger partial charge in [-0.2, -0.15) is 0 Å². The molecule has 0 spiro atoms. The van der Waals surface area contributed by atoms with Gasteiger partial charge in [0.1, 0.15) is 0 Å². The fourth-order valence-corrected chi connectivity index (χ4v) is 1.28. The average Bonchev–Trinajstić information content (AvgIpc) is 2.14. The highest BCUT2D eigenvalue weighted by molar-refractivity contribution is 4.70. The van der Waals surface area contributed by atoms with Gasteiger partial charge in [-0.25, -0.2) is 0 Å². The third kappa shape index (κ3) is 1.03. The van der Waals surface area contributed by atoms with Crippen LogP contribution in [0.5, 0.6) is 0 Å². The lowest BCUT2D eigenvalue weighted by Crippen LogP contribution is -2.10. The van der Waals surface area contributed by atoms with Crippen LogP contribution in [0.4, 0.5) is 0 Å². The Morgan fingerprint density at radius 3 is 2.62 bits per heavy atom. The van der Waals surface area contributed by atoms with Crippen LogP contribution in [0.1, 0.15) is 26.7 Å². The summed E-state index contributed by atoms with van der Waals surface area (Å²) in [7, 11) is 0. The molecule has 1 rings (SSSR count). The first-order valence-electron chi connectivity index (χ1n) is 3.46. The highest BCUT2D eigenvalue weighted by Gasteiger charge is 2.21. The predicted molar refractivity (Wildman–Crippen MR) is 33.8 cm³/mol. The van der Waals surface area contributed by atoms with Crippen molar-refractivity contribution >= 4 is 0 Å². The zero-order valence-corrected chi connectivity index (χ0v) is 5.68. The first-order chi connectivity index (χ1) is 3.84. The second-order valence-electron chi connectivity index (χ2n) is 2.58. The molecule has 0 bridgehead atoms. The van der Waals surface area contributed by atoms with Crippen molar-refractivity contribution in [3.63, 3.8) is 0 Å². The molecule has 0 N–H and O–H groups in total. The molecule has 0 aromatic carbocycles. The summed E-state index contributed by atoms with van der Waals surface area (Å²) in [5, 5.41) is 0. The maximum Gasteiger partial charge on any atom is 0.0598 e. The zero-order chi connectivity index (χ0) is 5.98. The van der Waals surface area contributed by atoms with Crippen molar-refractivity contribution in [1.29, 1.82) is 0 Å². The summed E-state index contributed by atoms with van der Waals surface area (Å²) in [5.74, 6) is 0.806. The van der Waals surface area contributed by atoms with E-state index in [2.05, 4.69) is 13.8 Å². The fourth-order valence-electron chi connectivity index (χ4n) is 1.28. The van der Waals surface area contributed by atoms with Crippen molar-refractivity contribution in [3.8, 4) is 0 Å². The van der Waals surface area contributed by atoms with E-state index in [1.807, 2.05) is 0 Å². The Hall–Kier alpha value is -0.0400. The fraction of sp³-hybridized carbons (Fsp3) is 1.00. The molecule has 8 heavy (non-hydrogen) atoms. The lowest BCUT2D eigenvalue weighted by molar-refractivity contribution is 0.0912. The Morgan fingerprint density at radius 1 is 1.62 bits per heavy atom. The number of ether oxygens (including phenoxy) is 1. The van der Waals surface area contributed by atoms with Crippen LogP contribution in [0.2, 0.25) is 0 Å². The van der Waals surface area contributed by atoms with Crippen molar-refractivity contribution < 1.29 is 4.74 Å². The van der Waals surface area contributed by atoms with E-state index in [9.17, 15) is 0 Å². The van der Waals surface area contributed by atoms with Gasteiger partial charge in [-0.05, 0) is 18.8 Å². The second-order valence-corrected chi connectivity index (χ2v) is 2.58. The van der Waals surface area contributed by atoms with Crippen LogP contribution in [-0.4, -0.2) is 12.7 Å². The van der Waals surface area contributed by atoms with Crippen molar-refractivity contribution in [3.05, 3.63) is 0 Å².